The van der Waals surface area contributed by atoms with Crippen LogP contribution in [0.3, 0.4) is 0 Å². The normalized spacial score (nSPS) is 58.3. The standard InChI is InChI=1S/C56H92O27/c1-20-8-11-56(73-18-20)21(2)34-29(83-56)13-27-25-7-6-23-12-24(9-10-54(23,4)26(25)14-33(61)55(27,34)5)75-51-43(70)39(66)45(31(16-58)77-51)79-52-44(71)40(67)46(32(17-59)78-52)80-53-48(82-50-42(69)38(65)35(62)22(3)74-50)47(37(64)30(15-57)76-53)81-49-41(68)36(63)28(60)19-72-49/h20-53,57-71H,6-19H2,1-5H3/t20-,21+,22+,23+,24+,25?,26?,27?,28-,29?,30-,31-,32-,33-,34?,35+,36+,37-,38-,39-,40-,41-,42-,43-,44-,45+,46-,47+,48-,49+,50+,51-,52+,53+,54+,55-,56-/m1/s1. The van der Waals surface area contributed by atoms with E-state index < -0.39 is 192 Å². The Balaban J connectivity index is 0.733. The Bertz CT molecular complexity index is 2160. The van der Waals surface area contributed by atoms with Gasteiger partial charge in [0.15, 0.2) is 37.2 Å². The quantitative estimate of drug-likeness (QED) is 0.0774. The Morgan fingerprint density at radius 3 is 1.70 bits per heavy atom. The monoisotopic (exact) mass is 1200 g/mol. The van der Waals surface area contributed by atoms with Crippen molar-refractivity contribution in [3.8, 4) is 0 Å². The molecule has 11 aliphatic rings. The molecule has 27 nitrogen and oxygen atoms in total. The minimum Gasteiger partial charge on any atom is -0.394 e. The van der Waals surface area contributed by atoms with Crippen molar-refractivity contribution >= 4 is 0 Å². The minimum atomic E-state index is -2.10. The van der Waals surface area contributed by atoms with Crippen LogP contribution in [0, 0.1) is 52.3 Å². The fourth-order valence-corrected chi connectivity index (χ4v) is 17.3. The van der Waals surface area contributed by atoms with Crippen LogP contribution in [0.1, 0.15) is 92.4 Å². The molecule has 7 aliphatic heterocycles. The van der Waals surface area contributed by atoms with Gasteiger partial charge in [-0.25, -0.2) is 0 Å². The van der Waals surface area contributed by atoms with Gasteiger partial charge in [-0.3, -0.25) is 0 Å². The average Bonchev–Trinajstić information content (AvgIpc) is 1.62. The predicted molar refractivity (Wildman–Crippen MR) is 275 cm³/mol. The number of hydrogen-bond donors (Lipinski definition) is 15. The molecule has 5 unspecified atom stereocenters. The average molecular weight is 1200 g/mol. The Morgan fingerprint density at radius 2 is 1.06 bits per heavy atom. The first-order valence-electron chi connectivity index (χ1n) is 30.2. The molecule has 37 atom stereocenters. The lowest BCUT2D eigenvalue weighted by molar-refractivity contribution is -0.406. The number of hydrogen-bond acceptors (Lipinski definition) is 27. The Hall–Kier alpha value is -1.08. The molecule has 0 aromatic carbocycles. The predicted octanol–water partition coefficient (Wildman–Crippen LogP) is -4.45. The molecule has 0 amide bonds. The number of rotatable bonds is 13. The fraction of sp³-hybridized carbons (Fsp3) is 1.00. The van der Waals surface area contributed by atoms with Crippen LogP contribution < -0.4 is 0 Å². The highest BCUT2D eigenvalue weighted by molar-refractivity contribution is 5.18. The largest absolute Gasteiger partial charge is 0.394 e. The molecule has 0 radical (unpaired) electrons. The van der Waals surface area contributed by atoms with Gasteiger partial charge in [-0.05, 0) is 93.3 Å². The van der Waals surface area contributed by atoms with Crippen LogP contribution in [-0.2, 0) is 56.8 Å². The highest BCUT2D eigenvalue weighted by Gasteiger charge is 2.72. The van der Waals surface area contributed by atoms with Gasteiger partial charge in [0.05, 0.1) is 57.5 Å². The maximum Gasteiger partial charge on any atom is 0.187 e. The summed E-state index contributed by atoms with van der Waals surface area (Å²) >= 11 is 0. The van der Waals surface area contributed by atoms with Crippen molar-refractivity contribution in [2.24, 2.45) is 52.3 Å². The van der Waals surface area contributed by atoms with E-state index in [1.54, 1.807) is 0 Å². The third-order valence-corrected chi connectivity index (χ3v) is 22.2. The molecule has 15 N–H and O–H groups in total. The molecule has 83 heavy (non-hydrogen) atoms. The summed E-state index contributed by atoms with van der Waals surface area (Å²) in [6.45, 7) is 7.96. The van der Waals surface area contributed by atoms with Crippen LogP contribution in [-0.4, -0.2) is 281 Å². The first-order chi connectivity index (χ1) is 39.4. The van der Waals surface area contributed by atoms with Gasteiger partial charge in [-0.1, -0.05) is 27.7 Å². The minimum absolute atomic E-state index is 0.0436. The van der Waals surface area contributed by atoms with Crippen LogP contribution in [0.2, 0.25) is 0 Å². The van der Waals surface area contributed by atoms with E-state index in [9.17, 15) is 76.6 Å². The number of aliphatic hydroxyl groups is 15. The van der Waals surface area contributed by atoms with Gasteiger partial charge in [0, 0.05) is 23.7 Å². The van der Waals surface area contributed by atoms with Gasteiger partial charge in [0.25, 0.3) is 0 Å². The van der Waals surface area contributed by atoms with E-state index in [-0.39, 0.29) is 40.6 Å². The van der Waals surface area contributed by atoms with E-state index in [0.717, 1.165) is 38.5 Å². The van der Waals surface area contributed by atoms with Crippen LogP contribution in [0.15, 0.2) is 0 Å². The van der Waals surface area contributed by atoms with Crippen molar-refractivity contribution in [2.45, 2.75) is 264 Å². The zero-order valence-electron chi connectivity index (χ0n) is 47.6. The Kier molecular flexibility index (Phi) is 18.8. The second kappa shape index (κ2) is 24.6. The van der Waals surface area contributed by atoms with E-state index in [1.807, 2.05) is 0 Å². The maximum atomic E-state index is 12.3. The summed E-state index contributed by atoms with van der Waals surface area (Å²) in [5, 5.41) is 166. The van der Waals surface area contributed by atoms with E-state index in [1.165, 1.54) is 6.92 Å². The molecule has 0 bridgehead atoms. The van der Waals surface area contributed by atoms with Crippen molar-refractivity contribution in [1.29, 1.82) is 0 Å². The van der Waals surface area contributed by atoms with Crippen molar-refractivity contribution in [3.63, 3.8) is 0 Å². The number of ether oxygens (including phenoxy) is 12. The molecule has 27 heteroatoms. The third kappa shape index (κ3) is 11.0. The summed E-state index contributed by atoms with van der Waals surface area (Å²) in [6.07, 6.45) is -35.6. The van der Waals surface area contributed by atoms with E-state index in [0.29, 0.717) is 43.6 Å². The summed E-state index contributed by atoms with van der Waals surface area (Å²) in [4.78, 5) is 0. The van der Waals surface area contributed by atoms with Gasteiger partial charge in [-0.15, -0.1) is 0 Å². The van der Waals surface area contributed by atoms with Crippen molar-refractivity contribution in [2.75, 3.05) is 33.0 Å². The maximum absolute atomic E-state index is 12.3. The SMILES string of the molecule is C[C@@H]1CC[C@@]2(OC1)OC1CC3C4CC[C@H]5C[C@@H](O[C@@H]6O[C@H](CO)[C@H](O[C@@H]7O[C@H](CO)[C@@H](O[C@@H]8O[C@H](CO)[C@@H](O)[C@H](O[C@@H]9OC[C@@H](O)[C@H](O)[C@H]9O)[C@H]8O[C@@H]8O[C@@H](C)[C@H](O)[C@@H](O)[C@H]8O)[C@H](O)[C@H]7O)[C@H](O)[C@H]6O)CC[C@]5(C)C4C[C@@H](O)[C@]3(C)C1[C@@H]2C. The molecule has 0 aromatic rings. The molecule has 7 heterocycles. The van der Waals surface area contributed by atoms with Crippen LogP contribution in [0.4, 0.5) is 0 Å². The Labute approximate surface area is 481 Å². The van der Waals surface area contributed by atoms with Crippen LogP contribution in [0.25, 0.3) is 0 Å². The van der Waals surface area contributed by atoms with Crippen molar-refractivity contribution in [1.82, 2.24) is 0 Å². The first-order valence-corrected chi connectivity index (χ1v) is 30.2. The third-order valence-electron chi connectivity index (χ3n) is 22.2. The van der Waals surface area contributed by atoms with E-state index in [2.05, 4.69) is 27.7 Å². The van der Waals surface area contributed by atoms with Crippen LogP contribution >= 0.6 is 0 Å². The summed E-state index contributed by atoms with van der Waals surface area (Å²) in [5.74, 6) is 1.55. The zero-order chi connectivity index (χ0) is 59.5. The second-order valence-electron chi connectivity index (χ2n) is 26.7. The Morgan fingerprint density at radius 1 is 0.482 bits per heavy atom. The second-order valence-corrected chi connectivity index (χ2v) is 26.7. The van der Waals surface area contributed by atoms with Gasteiger partial charge < -0.3 is 133 Å². The lowest BCUT2D eigenvalue weighted by Crippen LogP contribution is -2.68. The molecule has 0 aromatic heterocycles. The van der Waals surface area contributed by atoms with Crippen molar-refractivity contribution in [3.05, 3.63) is 0 Å². The summed E-state index contributed by atoms with van der Waals surface area (Å²) in [5.41, 5.74) is -0.381. The lowest BCUT2D eigenvalue weighted by atomic mass is 9.43. The molecule has 478 valence electrons. The summed E-state index contributed by atoms with van der Waals surface area (Å²) < 4.78 is 73.0. The molecule has 4 saturated carbocycles. The molecule has 1 spiro atoms. The molecule has 7 saturated heterocycles. The molecule has 11 fully saturated rings. The highest BCUT2D eigenvalue weighted by Crippen LogP contribution is 2.71. The smallest absolute Gasteiger partial charge is 0.187 e. The molecule has 11 rings (SSSR count). The summed E-state index contributed by atoms with van der Waals surface area (Å²) in [7, 11) is 0. The van der Waals surface area contributed by atoms with Gasteiger partial charge in [0.2, 0.25) is 0 Å². The highest BCUT2D eigenvalue weighted by atomic mass is 16.8. The topological polar surface area (TPSA) is 414 Å². The molecular formula is C56H92O27. The van der Waals surface area contributed by atoms with Crippen molar-refractivity contribution < 1.29 is 133 Å². The first kappa shape index (κ1) is 63.5. The van der Waals surface area contributed by atoms with E-state index in [4.69, 9.17) is 56.8 Å². The van der Waals surface area contributed by atoms with E-state index >= 15 is 0 Å². The lowest BCUT2D eigenvalue weighted by Gasteiger charge is -2.62. The fourth-order valence-electron chi connectivity index (χ4n) is 17.3. The number of aliphatic hydroxyl groups excluding tert-OH is 15. The van der Waals surface area contributed by atoms with Gasteiger partial charge in [0.1, 0.15) is 110 Å². The zero-order valence-corrected chi connectivity index (χ0v) is 47.6. The molecular weight excluding hydrogens is 1100 g/mol. The molecule has 4 aliphatic carbocycles. The number of fused-ring (bicyclic) bond motifs is 7. The van der Waals surface area contributed by atoms with Gasteiger partial charge >= 0.3 is 0 Å². The summed E-state index contributed by atoms with van der Waals surface area (Å²) in [6, 6.07) is 0. The van der Waals surface area contributed by atoms with Crippen LogP contribution in [0.5, 0.6) is 0 Å². The van der Waals surface area contributed by atoms with Gasteiger partial charge in [-0.2, -0.15) is 0 Å².